The average Bonchev–Trinajstić information content (AvgIpc) is 2.61. The molecule has 1 aliphatic rings. The molecule has 7 heteroatoms. The summed E-state index contributed by atoms with van der Waals surface area (Å²) in [6, 6.07) is 9.24. The van der Waals surface area contributed by atoms with Gasteiger partial charge in [-0.2, -0.15) is 11.8 Å². The fourth-order valence-electron chi connectivity index (χ4n) is 2.96. The van der Waals surface area contributed by atoms with Crippen LogP contribution in [0.2, 0.25) is 0 Å². The summed E-state index contributed by atoms with van der Waals surface area (Å²) in [4.78, 5) is 25.6. The van der Waals surface area contributed by atoms with E-state index in [-0.39, 0.29) is 12.1 Å². The number of nitrogens with zero attached hydrogens (tertiary/aromatic N) is 1. The Morgan fingerprint density at radius 2 is 1.96 bits per heavy atom. The van der Waals surface area contributed by atoms with E-state index >= 15 is 0 Å². The number of thioether (sulfide) groups is 1. The maximum absolute atomic E-state index is 12.1. The first-order valence-corrected chi connectivity index (χ1v) is 10.0. The lowest BCUT2D eigenvalue weighted by Gasteiger charge is -2.32. The van der Waals surface area contributed by atoms with E-state index in [0.29, 0.717) is 12.2 Å². The SMILES string of the molecule is CSCCC(NC(=O)NC1CCN(Cc2ccccc2)CC1)C(=O)O. The summed E-state index contributed by atoms with van der Waals surface area (Å²) in [5.74, 6) is -0.281. The summed E-state index contributed by atoms with van der Waals surface area (Å²) < 4.78 is 0. The summed E-state index contributed by atoms with van der Waals surface area (Å²) in [6.45, 7) is 2.78. The minimum Gasteiger partial charge on any atom is -0.480 e. The molecule has 1 aromatic rings. The van der Waals surface area contributed by atoms with Crippen molar-refractivity contribution in [2.45, 2.75) is 37.9 Å². The summed E-state index contributed by atoms with van der Waals surface area (Å²) in [5, 5.41) is 14.7. The number of amides is 2. The van der Waals surface area contributed by atoms with Crippen molar-refractivity contribution in [2.24, 2.45) is 0 Å². The standard InChI is InChI=1S/C18H27N3O3S/c1-25-12-9-16(17(22)23)20-18(24)19-15-7-10-21(11-8-15)13-14-5-3-2-4-6-14/h2-6,15-16H,7-13H2,1H3,(H,22,23)(H2,19,20,24). The highest BCUT2D eigenvalue weighted by Crippen LogP contribution is 2.14. The van der Waals surface area contributed by atoms with E-state index in [1.165, 1.54) is 5.56 Å². The number of aliphatic carboxylic acids is 1. The Morgan fingerprint density at radius 3 is 2.56 bits per heavy atom. The number of hydrogen-bond donors (Lipinski definition) is 3. The first kappa shape index (κ1) is 19.6. The quantitative estimate of drug-likeness (QED) is 0.658. The molecule has 0 spiro atoms. The zero-order valence-electron chi connectivity index (χ0n) is 14.6. The van der Waals surface area contributed by atoms with E-state index in [2.05, 4.69) is 27.7 Å². The summed E-state index contributed by atoms with van der Waals surface area (Å²) in [5.41, 5.74) is 1.30. The number of likely N-dealkylation sites (tertiary alicyclic amines) is 1. The molecule has 0 aliphatic carbocycles. The summed E-state index contributed by atoms with van der Waals surface area (Å²) in [7, 11) is 0. The highest BCUT2D eigenvalue weighted by Gasteiger charge is 2.23. The van der Waals surface area contributed by atoms with Gasteiger partial charge in [0.25, 0.3) is 0 Å². The topological polar surface area (TPSA) is 81.7 Å². The van der Waals surface area contributed by atoms with E-state index in [1.54, 1.807) is 11.8 Å². The highest BCUT2D eigenvalue weighted by molar-refractivity contribution is 7.98. The number of rotatable bonds is 8. The van der Waals surface area contributed by atoms with Crippen LogP contribution in [0.15, 0.2) is 30.3 Å². The third kappa shape index (κ3) is 6.96. The Bertz CT molecular complexity index is 548. The van der Waals surface area contributed by atoms with Crippen LogP contribution in [-0.2, 0) is 11.3 Å². The number of carbonyl (C=O) groups is 2. The molecule has 1 aliphatic heterocycles. The lowest BCUT2D eigenvalue weighted by atomic mass is 10.0. The van der Waals surface area contributed by atoms with Crippen LogP contribution in [-0.4, -0.2) is 59.2 Å². The van der Waals surface area contributed by atoms with Gasteiger partial charge in [0.1, 0.15) is 6.04 Å². The predicted octanol–water partition coefficient (Wildman–Crippen LogP) is 2.16. The van der Waals surface area contributed by atoms with E-state index in [1.807, 2.05) is 24.5 Å². The van der Waals surface area contributed by atoms with Crippen molar-refractivity contribution in [3.8, 4) is 0 Å². The molecule has 138 valence electrons. The molecular formula is C18H27N3O3S. The number of nitrogens with one attached hydrogen (secondary N) is 2. The van der Waals surface area contributed by atoms with Crippen molar-refractivity contribution >= 4 is 23.8 Å². The largest absolute Gasteiger partial charge is 0.480 e. The van der Waals surface area contributed by atoms with Gasteiger partial charge in [-0.25, -0.2) is 9.59 Å². The van der Waals surface area contributed by atoms with Gasteiger partial charge < -0.3 is 15.7 Å². The zero-order chi connectivity index (χ0) is 18.1. The molecule has 1 atom stereocenters. The maximum Gasteiger partial charge on any atom is 0.326 e. The minimum atomic E-state index is -0.984. The third-order valence-electron chi connectivity index (χ3n) is 4.39. The number of piperidine rings is 1. The average molecular weight is 365 g/mol. The van der Waals surface area contributed by atoms with Crippen molar-refractivity contribution in [1.29, 1.82) is 0 Å². The van der Waals surface area contributed by atoms with Gasteiger partial charge in [0.15, 0.2) is 0 Å². The minimum absolute atomic E-state index is 0.0991. The Balaban J connectivity index is 1.71. The number of urea groups is 1. The molecule has 2 amide bonds. The number of benzene rings is 1. The molecule has 1 saturated heterocycles. The lowest BCUT2D eigenvalue weighted by Crippen LogP contribution is -2.51. The monoisotopic (exact) mass is 365 g/mol. The van der Waals surface area contributed by atoms with Crippen LogP contribution in [0.25, 0.3) is 0 Å². The van der Waals surface area contributed by atoms with Crippen LogP contribution >= 0.6 is 11.8 Å². The molecule has 1 unspecified atom stereocenters. The maximum atomic E-state index is 12.1. The number of carbonyl (C=O) groups excluding carboxylic acids is 1. The number of carboxylic acid groups (broad SMARTS) is 1. The zero-order valence-corrected chi connectivity index (χ0v) is 15.4. The van der Waals surface area contributed by atoms with Gasteiger partial charge in [0.2, 0.25) is 0 Å². The molecule has 25 heavy (non-hydrogen) atoms. The Morgan fingerprint density at radius 1 is 1.28 bits per heavy atom. The van der Waals surface area contributed by atoms with Crippen LogP contribution in [0.3, 0.4) is 0 Å². The van der Waals surface area contributed by atoms with Crippen molar-refractivity contribution in [1.82, 2.24) is 15.5 Å². The van der Waals surface area contributed by atoms with Crippen molar-refractivity contribution in [3.05, 3.63) is 35.9 Å². The Labute approximate surface area is 153 Å². The van der Waals surface area contributed by atoms with Crippen molar-refractivity contribution < 1.29 is 14.7 Å². The van der Waals surface area contributed by atoms with E-state index in [0.717, 1.165) is 32.5 Å². The number of carboxylic acids is 1. The smallest absolute Gasteiger partial charge is 0.326 e. The molecule has 1 fully saturated rings. The molecule has 0 radical (unpaired) electrons. The molecule has 1 aromatic carbocycles. The molecule has 2 rings (SSSR count). The second-order valence-corrected chi connectivity index (χ2v) is 7.31. The van der Waals surface area contributed by atoms with Crippen LogP contribution in [0.5, 0.6) is 0 Å². The molecule has 1 heterocycles. The predicted molar refractivity (Wildman–Crippen MR) is 101 cm³/mol. The van der Waals surface area contributed by atoms with Crippen molar-refractivity contribution in [2.75, 3.05) is 25.1 Å². The summed E-state index contributed by atoms with van der Waals surface area (Å²) in [6.07, 6.45) is 4.10. The second kappa shape index (κ2) is 10.3. The lowest BCUT2D eigenvalue weighted by molar-refractivity contribution is -0.139. The van der Waals surface area contributed by atoms with Gasteiger partial charge in [-0.15, -0.1) is 0 Å². The van der Waals surface area contributed by atoms with Gasteiger partial charge >= 0.3 is 12.0 Å². The normalized spacial score (nSPS) is 17.0. The van der Waals surface area contributed by atoms with E-state index in [9.17, 15) is 14.7 Å². The molecule has 0 bridgehead atoms. The van der Waals surface area contributed by atoms with Gasteiger partial charge in [0.05, 0.1) is 0 Å². The van der Waals surface area contributed by atoms with E-state index in [4.69, 9.17) is 0 Å². The van der Waals surface area contributed by atoms with Crippen molar-refractivity contribution in [3.63, 3.8) is 0 Å². The van der Waals surface area contributed by atoms with Gasteiger partial charge in [-0.3, -0.25) is 4.90 Å². The Kier molecular flexibility index (Phi) is 8.08. The van der Waals surface area contributed by atoms with Gasteiger partial charge in [-0.05, 0) is 36.8 Å². The van der Waals surface area contributed by atoms with Gasteiger partial charge in [0, 0.05) is 25.7 Å². The van der Waals surface area contributed by atoms with Crippen LogP contribution in [0.4, 0.5) is 4.79 Å². The summed E-state index contributed by atoms with van der Waals surface area (Å²) >= 11 is 1.57. The fraction of sp³-hybridized carbons (Fsp3) is 0.556. The third-order valence-corrected chi connectivity index (χ3v) is 5.03. The van der Waals surface area contributed by atoms with Gasteiger partial charge in [-0.1, -0.05) is 30.3 Å². The Hall–Kier alpha value is -1.73. The molecular weight excluding hydrogens is 338 g/mol. The molecule has 0 aromatic heterocycles. The van der Waals surface area contributed by atoms with Crippen LogP contribution in [0.1, 0.15) is 24.8 Å². The van der Waals surface area contributed by atoms with Crippen LogP contribution in [0, 0.1) is 0 Å². The fourth-order valence-corrected chi connectivity index (χ4v) is 3.43. The first-order valence-electron chi connectivity index (χ1n) is 8.63. The molecule has 3 N–H and O–H groups in total. The van der Waals surface area contributed by atoms with Crippen LogP contribution < -0.4 is 10.6 Å². The highest BCUT2D eigenvalue weighted by atomic mass is 32.2. The number of hydrogen-bond acceptors (Lipinski definition) is 4. The molecule has 6 nitrogen and oxygen atoms in total. The van der Waals surface area contributed by atoms with E-state index < -0.39 is 12.0 Å². The first-order chi connectivity index (χ1) is 12.1. The molecule has 0 saturated carbocycles. The second-order valence-electron chi connectivity index (χ2n) is 6.33.